The molecule has 0 unspecified atom stereocenters. The van der Waals surface area contributed by atoms with Gasteiger partial charge in [0.25, 0.3) is 0 Å². The van der Waals surface area contributed by atoms with E-state index in [1.54, 1.807) is 6.08 Å². The summed E-state index contributed by atoms with van der Waals surface area (Å²) in [5.41, 5.74) is 2.73. The lowest BCUT2D eigenvalue weighted by Crippen LogP contribution is -2.03. The summed E-state index contributed by atoms with van der Waals surface area (Å²) >= 11 is 0. The summed E-state index contributed by atoms with van der Waals surface area (Å²) in [6.45, 7) is 3.73. The van der Waals surface area contributed by atoms with E-state index in [0.717, 1.165) is 11.1 Å². The van der Waals surface area contributed by atoms with Crippen LogP contribution in [0.25, 0.3) is 11.1 Å². The summed E-state index contributed by atoms with van der Waals surface area (Å²) in [4.78, 5) is 11.7. The normalized spacial score (nSPS) is 11.6. The largest absolute Gasteiger partial charge is 0.478 e. The van der Waals surface area contributed by atoms with E-state index in [0.29, 0.717) is 17.6 Å². The van der Waals surface area contributed by atoms with Crippen molar-refractivity contribution in [1.29, 1.82) is 0 Å². The van der Waals surface area contributed by atoms with Gasteiger partial charge < -0.3 is 5.11 Å². The molecule has 0 aliphatic rings. The van der Waals surface area contributed by atoms with Crippen LogP contribution < -0.4 is 0 Å². The minimum Gasteiger partial charge on any atom is -0.478 e. The van der Waals surface area contributed by atoms with Crippen molar-refractivity contribution in [1.82, 2.24) is 0 Å². The third-order valence-corrected chi connectivity index (χ3v) is 3.05. The van der Waals surface area contributed by atoms with Crippen LogP contribution >= 0.6 is 0 Å². The average Bonchev–Trinajstić information content (AvgIpc) is 2.48. The summed E-state index contributed by atoms with van der Waals surface area (Å²) in [5.74, 6) is -0.920. The summed E-state index contributed by atoms with van der Waals surface area (Å²) in [5, 5.41) is 9.59. The van der Waals surface area contributed by atoms with Crippen molar-refractivity contribution in [3.63, 3.8) is 0 Å². The van der Waals surface area contributed by atoms with Crippen LogP contribution in [-0.2, 0) is 4.79 Å². The molecule has 0 heterocycles. The highest BCUT2D eigenvalue weighted by molar-refractivity contribution is 6.23. The van der Waals surface area contributed by atoms with Gasteiger partial charge in [-0.05, 0) is 23.1 Å². The van der Waals surface area contributed by atoms with E-state index >= 15 is 0 Å². The second-order valence-corrected chi connectivity index (χ2v) is 4.38. The summed E-state index contributed by atoms with van der Waals surface area (Å²) in [6, 6.07) is 18.8. The minimum absolute atomic E-state index is 0.330. The predicted molar refractivity (Wildman–Crippen MR) is 82.1 cm³/mol. The summed E-state index contributed by atoms with van der Waals surface area (Å²) < 4.78 is 0. The minimum atomic E-state index is -0.920. The first-order valence-electron chi connectivity index (χ1n) is 6.42. The molecule has 100 valence electrons. The van der Waals surface area contributed by atoms with Crippen LogP contribution in [0.3, 0.4) is 0 Å². The Hall–Kier alpha value is -2.61. The fourth-order valence-electron chi connectivity index (χ4n) is 2.18. The van der Waals surface area contributed by atoms with E-state index in [9.17, 15) is 9.90 Å². The topological polar surface area (TPSA) is 37.3 Å². The molecule has 2 aromatic rings. The first-order valence-corrected chi connectivity index (χ1v) is 6.42. The zero-order valence-corrected chi connectivity index (χ0v) is 11.1. The number of carboxylic acid groups (broad SMARTS) is 1. The highest BCUT2D eigenvalue weighted by Gasteiger charge is 2.16. The Labute approximate surface area is 118 Å². The Kier molecular flexibility index (Phi) is 4.51. The fourth-order valence-corrected chi connectivity index (χ4v) is 2.18. The molecule has 1 N–H and O–H groups in total. The smallest absolute Gasteiger partial charge is 0.336 e. The molecule has 2 aromatic carbocycles. The highest BCUT2D eigenvalue weighted by atomic mass is 16.4. The van der Waals surface area contributed by atoms with Gasteiger partial charge in [-0.2, -0.15) is 0 Å². The van der Waals surface area contributed by atoms with Crippen LogP contribution in [0.15, 0.2) is 73.3 Å². The Balaban J connectivity index is 2.67. The number of carboxylic acids is 1. The Morgan fingerprint density at radius 1 is 0.950 bits per heavy atom. The Morgan fingerprint density at radius 3 is 1.90 bits per heavy atom. The molecule has 0 atom stereocenters. The quantitative estimate of drug-likeness (QED) is 0.498. The van der Waals surface area contributed by atoms with Crippen LogP contribution in [-0.4, -0.2) is 11.1 Å². The average molecular weight is 264 g/mol. The standard InChI is InChI=1S/C18H16O2/c1-2-9-16(14-10-5-3-6-11-14)17(18(19)20)15-12-7-4-8-13-15/h2-8,10-13H,1,9H2,(H,19,20)/b17-16+. The van der Waals surface area contributed by atoms with Crippen LogP contribution in [0.2, 0.25) is 0 Å². The van der Waals surface area contributed by atoms with Gasteiger partial charge in [0.1, 0.15) is 0 Å². The molecule has 0 aliphatic heterocycles. The number of carbonyl (C=O) groups is 1. The summed E-state index contributed by atoms with van der Waals surface area (Å²) in [6.07, 6.45) is 2.24. The van der Waals surface area contributed by atoms with Crippen molar-refractivity contribution in [2.24, 2.45) is 0 Å². The first-order chi connectivity index (χ1) is 9.74. The lowest BCUT2D eigenvalue weighted by molar-refractivity contribution is -0.130. The van der Waals surface area contributed by atoms with Gasteiger partial charge in [-0.1, -0.05) is 66.7 Å². The molecule has 0 bridgehead atoms. The summed E-state index contributed by atoms with van der Waals surface area (Å²) in [7, 11) is 0. The van der Waals surface area contributed by atoms with Crippen molar-refractivity contribution in [3.8, 4) is 0 Å². The van der Waals surface area contributed by atoms with Crippen molar-refractivity contribution in [2.45, 2.75) is 6.42 Å². The molecule has 20 heavy (non-hydrogen) atoms. The molecule has 0 aromatic heterocycles. The van der Waals surface area contributed by atoms with Gasteiger partial charge in [0.2, 0.25) is 0 Å². The molecule has 0 radical (unpaired) electrons. The second-order valence-electron chi connectivity index (χ2n) is 4.38. The van der Waals surface area contributed by atoms with Gasteiger partial charge >= 0.3 is 5.97 Å². The van der Waals surface area contributed by atoms with Crippen LogP contribution in [0.5, 0.6) is 0 Å². The highest BCUT2D eigenvalue weighted by Crippen LogP contribution is 2.29. The predicted octanol–water partition coefficient (Wildman–Crippen LogP) is 4.26. The fraction of sp³-hybridized carbons (Fsp3) is 0.0556. The number of rotatable bonds is 5. The van der Waals surface area contributed by atoms with Crippen molar-refractivity contribution in [2.75, 3.05) is 0 Å². The number of hydrogen-bond donors (Lipinski definition) is 1. The van der Waals surface area contributed by atoms with Gasteiger partial charge in [0, 0.05) is 0 Å². The van der Waals surface area contributed by atoms with Gasteiger partial charge in [0.15, 0.2) is 0 Å². The van der Waals surface area contributed by atoms with Gasteiger partial charge in [-0.3, -0.25) is 0 Å². The molecule has 0 saturated heterocycles. The molecule has 0 amide bonds. The maximum atomic E-state index is 11.7. The Bertz CT molecular complexity index is 625. The van der Waals surface area contributed by atoms with Crippen LogP contribution in [0.1, 0.15) is 17.5 Å². The van der Waals surface area contributed by atoms with E-state index < -0.39 is 5.97 Å². The van der Waals surface area contributed by atoms with E-state index in [2.05, 4.69) is 6.58 Å². The molecule has 2 heteroatoms. The van der Waals surface area contributed by atoms with E-state index in [4.69, 9.17) is 0 Å². The van der Waals surface area contributed by atoms with Crippen LogP contribution in [0.4, 0.5) is 0 Å². The number of allylic oxidation sites excluding steroid dienone is 2. The Morgan fingerprint density at radius 2 is 1.45 bits per heavy atom. The third-order valence-electron chi connectivity index (χ3n) is 3.05. The van der Waals surface area contributed by atoms with Gasteiger partial charge in [-0.15, -0.1) is 6.58 Å². The van der Waals surface area contributed by atoms with Crippen LogP contribution in [0, 0.1) is 0 Å². The molecule has 0 fully saturated rings. The van der Waals surface area contributed by atoms with E-state index in [1.165, 1.54) is 0 Å². The lowest BCUT2D eigenvalue weighted by Gasteiger charge is -2.12. The molecule has 2 nitrogen and oxygen atoms in total. The maximum absolute atomic E-state index is 11.7. The molecule has 0 saturated carbocycles. The van der Waals surface area contributed by atoms with Gasteiger partial charge in [-0.25, -0.2) is 4.79 Å². The monoisotopic (exact) mass is 264 g/mol. The maximum Gasteiger partial charge on any atom is 0.336 e. The van der Waals surface area contributed by atoms with E-state index in [-0.39, 0.29) is 0 Å². The van der Waals surface area contributed by atoms with Gasteiger partial charge in [0.05, 0.1) is 5.57 Å². The molecule has 0 aliphatic carbocycles. The lowest BCUT2D eigenvalue weighted by atomic mass is 9.92. The van der Waals surface area contributed by atoms with Crippen molar-refractivity contribution < 1.29 is 9.90 Å². The van der Waals surface area contributed by atoms with Crippen molar-refractivity contribution in [3.05, 3.63) is 84.4 Å². The van der Waals surface area contributed by atoms with E-state index in [1.807, 2.05) is 60.7 Å². The second kappa shape index (κ2) is 6.53. The zero-order chi connectivity index (χ0) is 14.4. The first kappa shape index (κ1) is 13.8. The molecule has 0 spiro atoms. The SMILES string of the molecule is C=CC/C(=C(\C(=O)O)c1ccccc1)c1ccccc1. The number of hydrogen-bond acceptors (Lipinski definition) is 1. The number of aliphatic carboxylic acids is 1. The van der Waals surface area contributed by atoms with Crippen molar-refractivity contribution >= 4 is 17.1 Å². The number of benzene rings is 2. The molecular formula is C18H16O2. The third kappa shape index (κ3) is 3.04. The molecule has 2 rings (SSSR count). The molecular weight excluding hydrogens is 248 g/mol. The zero-order valence-electron chi connectivity index (χ0n) is 11.1.